The van der Waals surface area contributed by atoms with Gasteiger partial charge in [-0.2, -0.15) is 13.2 Å². The molecule has 1 aliphatic rings. The maximum atomic E-state index is 13.3. The van der Waals surface area contributed by atoms with Crippen molar-refractivity contribution in [2.45, 2.75) is 24.4 Å². The molecule has 0 unspecified atom stereocenters. The van der Waals surface area contributed by atoms with Gasteiger partial charge in [-0.15, -0.1) is 0 Å². The summed E-state index contributed by atoms with van der Waals surface area (Å²) in [5, 5.41) is 0. The topological polar surface area (TPSA) is 46.6 Å². The first-order valence-electron chi connectivity index (χ1n) is 9.76. The smallest absolute Gasteiger partial charge is 0.416 e. The molecule has 4 nitrogen and oxygen atoms in total. The van der Waals surface area contributed by atoms with Crippen molar-refractivity contribution in [3.63, 3.8) is 0 Å². The lowest BCUT2D eigenvalue weighted by molar-refractivity contribution is -0.137. The van der Waals surface area contributed by atoms with Crippen molar-refractivity contribution in [3.8, 4) is 16.9 Å². The number of benzene rings is 3. The summed E-state index contributed by atoms with van der Waals surface area (Å²) in [7, 11) is -4.22. The van der Waals surface area contributed by atoms with E-state index in [9.17, 15) is 21.6 Å². The van der Waals surface area contributed by atoms with Crippen LogP contribution in [0, 0.1) is 0 Å². The van der Waals surface area contributed by atoms with Gasteiger partial charge in [-0.3, -0.25) is 4.31 Å². The number of rotatable bonds is 4. The number of fused-ring (bicyclic) bond motifs is 1. The predicted molar refractivity (Wildman–Crippen MR) is 113 cm³/mol. The summed E-state index contributed by atoms with van der Waals surface area (Å²) in [6, 6.07) is 16.9. The maximum absolute atomic E-state index is 13.3. The lowest BCUT2D eigenvalue weighted by Crippen LogP contribution is -2.38. The lowest BCUT2D eigenvalue weighted by Gasteiger charge is -2.31. The van der Waals surface area contributed by atoms with E-state index >= 15 is 0 Å². The number of ether oxygens (including phenoxy) is 1. The van der Waals surface area contributed by atoms with Crippen LogP contribution in [0.3, 0.4) is 0 Å². The molecule has 31 heavy (non-hydrogen) atoms. The highest BCUT2D eigenvalue weighted by Crippen LogP contribution is 2.39. The van der Waals surface area contributed by atoms with Gasteiger partial charge in [-0.25, -0.2) is 8.42 Å². The van der Waals surface area contributed by atoms with Crippen LogP contribution in [0.5, 0.6) is 5.75 Å². The zero-order chi connectivity index (χ0) is 22.2. The Balaban J connectivity index is 1.78. The zero-order valence-electron chi connectivity index (χ0n) is 16.7. The third kappa shape index (κ3) is 4.12. The second kappa shape index (κ2) is 7.92. The highest BCUT2D eigenvalue weighted by atomic mass is 32.2. The molecular formula is C23H20F3NO3S. The Labute approximate surface area is 178 Å². The summed E-state index contributed by atoms with van der Waals surface area (Å²) < 4.78 is 72.6. The molecule has 0 spiro atoms. The molecule has 3 aromatic carbocycles. The Kier molecular flexibility index (Phi) is 5.43. The number of halogens is 3. The molecule has 1 aliphatic heterocycles. The van der Waals surface area contributed by atoms with E-state index in [0.717, 1.165) is 39.5 Å². The molecule has 162 valence electrons. The molecule has 0 saturated carbocycles. The first-order chi connectivity index (χ1) is 14.7. The number of hydrogen-bond acceptors (Lipinski definition) is 3. The van der Waals surface area contributed by atoms with E-state index in [1.807, 2.05) is 37.3 Å². The summed E-state index contributed by atoms with van der Waals surface area (Å²) in [6.07, 6.45) is -3.77. The van der Waals surface area contributed by atoms with Crippen molar-refractivity contribution in [2.24, 2.45) is 0 Å². The molecule has 4 rings (SSSR count). The van der Waals surface area contributed by atoms with Crippen LogP contribution in [0.2, 0.25) is 0 Å². The van der Waals surface area contributed by atoms with Crippen LogP contribution in [0.25, 0.3) is 11.1 Å². The minimum absolute atomic E-state index is 0.00400. The van der Waals surface area contributed by atoms with Gasteiger partial charge >= 0.3 is 6.18 Å². The number of hydrogen-bond donors (Lipinski definition) is 0. The van der Waals surface area contributed by atoms with Gasteiger partial charge in [0.15, 0.2) is 0 Å². The SMILES string of the molecule is CCc1cccc(-c2ccc3c(c2)N(S(=O)(=O)c2cccc(C(F)(F)F)c2)CCO3)c1. The number of nitrogens with zero attached hydrogens (tertiary/aromatic N) is 1. The third-order valence-corrected chi connectivity index (χ3v) is 7.01. The van der Waals surface area contributed by atoms with Crippen LogP contribution in [0.1, 0.15) is 18.1 Å². The van der Waals surface area contributed by atoms with Crippen LogP contribution in [-0.2, 0) is 22.6 Å². The molecule has 0 fully saturated rings. The number of anilines is 1. The molecule has 3 aromatic rings. The monoisotopic (exact) mass is 447 g/mol. The number of sulfonamides is 1. The second-order valence-electron chi connectivity index (χ2n) is 7.19. The standard InChI is InChI=1S/C23H20F3NO3S/c1-2-16-5-3-6-17(13-16)18-9-10-22-21(14-18)27(11-12-30-22)31(28,29)20-8-4-7-19(15-20)23(24,25)26/h3-10,13-15H,2,11-12H2,1H3. The molecule has 0 saturated heterocycles. The summed E-state index contributed by atoms with van der Waals surface area (Å²) >= 11 is 0. The molecule has 0 aromatic heterocycles. The predicted octanol–water partition coefficient (Wildman–Crippen LogP) is 5.52. The minimum Gasteiger partial charge on any atom is -0.489 e. The molecule has 0 radical (unpaired) electrons. The van der Waals surface area contributed by atoms with Gasteiger partial charge in [-0.05, 0) is 53.4 Å². The molecule has 0 N–H and O–H groups in total. The fourth-order valence-corrected chi connectivity index (χ4v) is 5.05. The second-order valence-corrected chi connectivity index (χ2v) is 9.05. The van der Waals surface area contributed by atoms with Gasteiger partial charge in [0.2, 0.25) is 0 Å². The Morgan fingerprint density at radius 1 is 0.968 bits per heavy atom. The molecule has 0 atom stereocenters. The van der Waals surface area contributed by atoms with Crippen molar-refractivity contribution in [3.05, 3.63) is 77.9 Å². The van der Waals surface area contributed by atoms with Gasteiger partial charge in [0.1, 0.15) is 12.4 Å². The van der Waals surface area contributed by atoms with Crippen molar-refractivity contribution in [1.29, 1.82) is 0 Å². The van der Waals surface area contributed by atoms with Gasteiger partial charge in [0.25, 0.3) is 10.0 Å². The zero-order valence-corrected chi connectivity index (χ0v) is 17.5. The number of alkyl halides is 3. The van der Waals surface area contributed by atoms with E-state index in [1.165, 1.54) is 6.07 Å². The molecular weight excluding hydrogens is 427 g/mol. The van der Waals surface area contributed by atoms with Gasteiger partial charge in [-0.1, -0.05) is 43.3 Å². The van der Waals surface area contributed by atoms with Crippen molar-refractivity contribution in [2.75, 3.05) is 17.5 Å². The Hall–Kier alpha value is -3.00. The van der Waals surface area contributed by atoms with E-state index in [0.29, 0.717) is 17.5 Å². The van der Waals surface area contributed by atoms with Crippen LogP contribution < -0.4 is 9.04 Å². The van der Waals surface area contributed by atoms with E-state index in [4.69, 9.17) is 4.74 Å². The fraction of sp³-hybridized carbons (Fsp3) is 0.217. The van der Waals surface area contributed by atoms with E-state index in [2.05, 4.69) is 0 Å². The molecule has 0 aliphatic carbocycles. The van der Waals surface area contributed by atoms with Crippen LogP contribution in [0.4, 0.5) is 18.9 Å². The summed E-state index contributed by atoms with van der Waals surface area (Å²) in [4.78, 5) is -0.409. The van der Waals surface area contributed by atoms with Gasteiger partial charge < -0.3 is 4.74 Å². The molecule has 8 heteroatoms. The van der Waals surface area contributed by atoms with Crippen LogP contribution in [0.15, 0.2) is 71.6 Å². The largest absolute Gasteiger partial charge is 0.489 e. The van der Waals surface area contributed by atoms with E-state index < -0.39 is 26.7 Å². The average Bonchev–Trinajstić information content (AvgIpc) is 2.77. The van der Waals surface area contributed by atoms with Crippen molar-refractivity contribution >= 4 is 15.7 Å². The molecule has 0 bridgehead atoms. The van der Waals surface area contributed by atoms with Gasteiger partial charge in [0.05, 0.1) is 22.7 Å². The quantitative estimate of drug-likeness (QED) is 0.529. The van der Waals surface area contributed by atoms with E-state index in [1.54, 1.807) is 12.1 Å². The Morgan fingerprint density at radius 3 is 2.45 bits per heavy atom. The van der Waals surface area contributed by atoms with Crippen molar-refractivity contribution < 1.29 is 26.3 Å². The van der Waals surface area contributed by atoms with Gasteiger partial charge in [0, 0.05) is 0 Å². The first-order valence-corrected chi connectivity index (χ1v) is 11.2. The fourth-order valence-electron chi connectivity index (χ4n) is 3.55. The molecule has 0 amide bonds. The Morgan fingerprint density at radius 2 is 1.71 bits per heavy atom. The lowest BCUT2D eigenvalue weighted by atomic mass is 10.0. The highest BCUT2D eigenvalue weighted by molar-refractivity contribution is 7.92. The summed E-state index contributed by atoms with van der Waals surface area (Å²) in [5.74, 6) is 0.372. The highest BCUT2D eigenvalue weighted by Gasteiger charge is 2.34. The average molecular weight is 447 g/mol. The van der Waals surface area contributed by atoms with Crippen LogP contribution >= 0.6 is 0 Å². The van der Waals surface area contributed by atoms with Crippen LogP contribution in [-0.4, -0.2) is 21.6 Å². The maximum Gasteiger partial charge on any atom is 0.416 e. The Bertz CT molecular complexity index is 1220. The van der Waals surface area contributed by atoms with E-state index in [-0.39, 0.29) is 13.2 Å². The molecule has 1 heterocycles. The minimum atomic E-state index is -4.63. The number of aryl methyl sites for hydroxylation is 1. The normalized spacial score (nSPS) is 14.1. The summed E-state index contributed by atoms with van der Waals surface area (Å²) in [6.45, 7) is 2.16. The van der Waals surface area contributed by atoms with Crippen molar-refractivity contribution in [1.82, 2.24) is 0 Å². The third-order valence-electron chi connectivity index (χ3n) is 5.20. The first kappa shape index (κ1) is 21.2. The summed E-state index contributed by atoms with van der Waals surface area (Å²) in [5.41, 5.74) is 2.16.